The number of halogens is 1. The van der Waals surface area contributed by atoms with Gasteiger partial charge in [-0.25, -0.2) is 0 Å². The Kier molecular flexibility index (Phi) is 6.33. The van der Waals surface area contributed by atoms with Gasteiger partial charge >= 0.3 is 0 Å². The van der Waals surface area contributed by atoms with E-state index in [2.05, 4.69) is 15.5 Å². The van der Waals surface area contributed by atoms with Crippen molar-refractivity contribution in [2.24, 2.45) is 5.73 Å². The van der Waals surface area contributed by atoms with Crippen molar-refractivity contribution in [2.75, 3.05) is 6.54 Å². The Morgan fingerprint density at radius 2 is 2.00 bits per heavy atom. The zero-order valence-electron chi connectivity index (χ0n) is 11.9. The second kappa shape index (κ2) is 7.75. The maximum Gasteiger partial charge on any atom is 0.236 e. The monoisotopic (exact) mass is 310 g/mol. The number of nitrogens with two attached hydrogens (primary N) is 1. The van der Waals surface area contributed by atoms with Crippen LogP contribution in [0.25, 0.3) is 11.4 Å². The second-order valence-corrected chi connectivity index (χ2v) is 4.76. The number of aromatic nitrogens is 2. The molecule has 2 aromatic rings. The highest BCUT2D eigenvalue weighted by Gasteiger charge is 2.16. The molecule has 3 N–H and O–H groups in total. The van der Waals surface area contributed by atoms with Gasteiger partial charge in [0, 0.05) is 12.1 Å². The minimum Gasteiger partial charge on any atom is -0.354 e. The molecule has 1 aromatic carbocycles. The van der Waals surface area contributed by atoms with Gasteiger partial charge < -0.3 is 15.6 Å². The smallest absolute Gasteiger partial charge is 0.236 e. The molecule has 0 spiro atoms. The van der Waals surface area contributed by atoms with E-state index in [1.165, 1.54) is 0 Å². The zero-order valence-corrected chi connectivity index (χ0v) is 12.8. The van der Waals surface area contributed by atoms with Gasteiger partial charge in [-0.2, -0.15) is 4.98 Å². The van der Waals surface area contributed by atoms with Crippen LogP contribution < -0.4 is 11.1 Å². The summed E-state index contributed by atoms with van der Waals surface area (Å²) in [7, 11) is 0. The molecular formula is C14H19ClN4O2. The Hall–Kier alpha value is -1.92. The van der Waals surface area contributed by atoms with Gasteiger partial charge in [0.05, 0.1) is 12.0 Å². The van der Waals surface area contributed by atoms with Crippen molar-refractivity contribution in [3.63, 3.8) is 0 Å². The van der Waals surface area contributed by atoms with Crippen LogP contribution in [0.5, 0.6) is 0 Å². The number of hydrogen-bond acceptors (Lipinski definition) is 5. The molecule has 0 fully saturated rings. The van der Waals surface area contributed by atoms with Crippen LogP contribution in [0.2, 0.25) is 0 Å². The molecule has 2 unspecified atom stereocenters. The van der Waals surface area contributed by atoms with Crippen LogP contribution in [0.3, 0.4) is 0 Å². The highest BCUT2D eigenvalue weighted by atomic mass is 35.5. The van der Waals surface area contributed by atoms with Crippen molar-refractivity contribution in [1.82, 2.24) is 15.5 Å². The van der Waals surface area contributed by atoms with Crippen LogP contribution in [0.4, 0.5) is 0 Å². The van der Waals surface area contributed by atoms with Crippen molar-refractivity contribution in [3.05, 3.63) is 36.2 Å². The minimum absolute atomic E-state index is 0. The lowest BCUT2D eigenvalue weighted by Crippen LogP contribution is -2.39. The fourth-order valence-corrected chi connectivity index (χ4v) is 1.64. The van der Waals surface area contributed by atoms with Gasteiger partial charge in [0.2, 0.25) is 17.6 Å². The predicted molar refractivity (Wildman–Crippen MR) is 82.1 cm³/mol. The lowest BCUT2D eigenvalue weighted by atomic mass is 10.1. The van der Waals surface area contributed by atoms with E-state index in [4.69, 9.17) is 10.3 Å². The SMILES string of the molecule is CC(N)C(=O)NCC(C)c1nc(-c2ccccc2)no1.Cl. The molecule has 0 aliphatic rings. The van der Waals surface area contributed by atoms with E-state index in [9.17, 15) is 4.79 Å². The van der Waals surface area contributed by atoms with Crippen LogP contribution in [-0.4, -0.2) is 28.6 Å². The Morgan fingerprint density at radius 3 is 2.62 bits per heavy atom. The van der Waals surface area contributed by atoms with Gasteiger partial charge in [-0.15, -0.1) is 12.4 Å². The molecule has 1 aromatic heterocycles. The van der Waals surface area contributed by atoms with Crippen molar-refractivity contribution >= 4 is 18.3 Å². The highest BCUT2D eigenvalue weighted by Crippen LogP contribution is 2.18. The number of carbonyl (C=O) groups excluding carboxylic acids is 1. The summed E-state index contributed by atoms with van der Waals surface area (Å²) in [6.07, 6.45) is 0. The quantitative estimate of drug-likeness (QED) is 0.877. The Labute approximate surface area is 129 Å². The number of rotatable bonds is 5. The Balaban J connectivity index is 0.00000220. The molecule has 0 radical (unpaired) electrons. The molecule has 21 heavy (non-hydrogen) atoms. The van der Waals surface area contributed by atoms with Gasteiger partial charge in [-0.05, 0) is 6.92 Å². The van der Waals surface area contributed by atoms with Crippen molar-refractivity contribution in [1.29, 1.82) is 0 Å². The average molecular weight is 311 g/mol. The molecule has 0 saturated carbocycles. The molecule has 0 bridgehead atoms. The van der Waals surface area contributed by atoms with Crippen LogP contribution in [-0.2, 0) is 4.79 Å². The van der Waals surface area contributed by atoms with E-state index in [1.807, 2.05) is 37.3 Å². The van der Waals surface area contributed by atoms with Crippen molar-refractivity contribution < 1.29 is 9.32 Å². The first kappa shape index (κ1) is 17.1. The fourth-order valence-electron chi connectivity index (χ4n) is 1.64. The largest absolute Gasteiger partial charge is 0.354 e. The maximum atomic E-state index is 11.4. The Bertz CT molecular complexity index is 571. The lowest BCUT2D eigenvalue weighted by Gasteiger charge is -2.10. The third-order valence-electron chi connectivity index (χ3n) is 2.89. The van der Waals surface area contributed by atoms with Crippen LogP contribution >= 0.6 is 12.4 Å². The molecule has 6 nitrogen and oxygen atoms in total. The summed E-state index contributed by atoms with van der Waals surface area (Å²) < 4.78 is 5.23. The molecule has 114 valence electrons. The predicted octanol–water partition coefficient (Wildman–Crippen LogP) is 1.73. The minimum atomic E-state index is -0.523. The van der Waals surface area contributed by atoms with Gasteiger partial charge in [0.25, 0.3) is 0 Å². The van der Waals surface area contributed by atoms with E-state index >= 15 is 0 Å². The van der Waals surface area contributed by atoms with Crippen molar-refractivity contribution in [3.8, 4) is 11.4 Å². The number of hydrogen-bond donors (Lipinski definition) is 2. The second-order valence-electron chi connectivity index (χ2n) is 4.76. The van der Waals surface area contributed by atoms with Gasteiger partial charge in [-0.3, -0.25) is 4.79 Å². The van der Waals surface area contributed by atoms with Gasteiger partial charge in [-0.1, -0.05) is 42.4 Å². The molecule has 2 rings (SSSR count). The van der Waals surface area contributed by atoms with Crippen LogP contribution in [0, 0.1) is 0 Å². The third-order valence-corrected chi connectivity index (χ3v) is 2.89. The maximum absolute atomic E-state index is 11.4. The van der Waals surface area contributed by atoms with Crippen LogP contribution in [0.15, 0.2) is 34.9 Å². The highest BCUT2D eigenvalue weighted by molar-refractivity contribution is 5.85. The normalized spacial score (nSPS) is 13.1. The summed E-state index contributed by atoms with van der Waals surface area (Å²) in [5.74, 6) is 0.780. The molecule has 7 heteroatoms. The van der Waals surface area contributed by atoms with Crippen LogP contribution in [0.1, 0.15) is 25.7 Å². The summed E-state index contributed by atoms with van der Waals surface area (Å²) in [6, 6.07) is 9.06. The van der Waals surface area contributed by atoms with Gasteiger partial charge in [0.1, 0.15) is 0 Å². The third kappa shape index (κ3) is 4.54. The molecule has 0 aliphatic heterocycles. The zero-order chi connectivity index (χ0) is 14.5. The summed E-state index contributed by atoms with van der Waals surface area (Å²) in [5, 5.41) is 6.68. The summed E-state index contributed by atoms with van der Waals surface area (Å²) >= 11 is 0. The van der Waals surface area contributed by atoms with Gasteiger partial charge in [0.15, 0.2) is 0 Å². The first-order valence-corrected chi connectivity index (χ1v) is 6.50. The molecular weight excluding hydrogens is 292 g/mol. The fraction of sp³-hybridized carbons (Fsp3) is 0.357. The summed E-state index contributed by atoms with van der Waals surface area (Å²) in [5.41, 5.74) is 6.38. The van der Waals surface area contributed by atoms with E-state index in [0.717, 1.165) is 5.56 Å². The molecule has 0 saturated heterocycles. The van der Waals surface area contributed by atoms with Crippen molar-refractivity contribution in [2.45, 2.75) is 25.8 Å². The van der Waals surface area contributed by atoms with E-state index in [-0.39, 0.29) is 24.2 Å². The molecule has 0 aliphatic carbocycles. The number of nitrogens with one attached hydrogen (secondary N) is 1. The number of carbonyl (C=O) groups is 1. The number of amides is 1. The first-order chi connectivity index (χ1) is 9.58. The van der Waals surface area contributed by atoms with E-state index in [0.29, 0.717) is 18.3 Å². The average Bonchev–Trinajstić information content (AvgIpc) is 2.95. The first-order valence-electron chi connectivity index (χ1n) is 6.50. The lowest BCUT2D eigenvalue weighted by molar-refractivity contribution is -0.122. The molecule has 2 atom stereocenters. The number of nitrogens with zero attached hydrogens (tertiary/aromatic N) is 2. The Morgan fingerprint density at radius 1 is 1.33 bits per heavy atom. The molecule has 1 amide bonds. The molecule has 1 heterocycles. The van der Waals surface area contributed by atoms with E-state index < -0.39 is 6.04 Å². The summed E-state index contributed by atoms with van der Waals surface area (Å²) in [6.45, 7) is 3.96. The number of benzene rings is 1. The standard InChI is InChI=1S/C14H18N4O2.ClH/c1-9(8-16-13(19)10(2)15)14-17-12(18-20-14)11-6-4-3-5-7-11;/h3-7,9-10H,8,15H2,1-2H3,(H,16,19);1H. The summed E-state index contributed by atoms with van der Waals surface area (Å²) in [4.78, 5) is 15.7. The van der Waals surface area contributed by atoms with E-state index in [1.54, 1.807) is 6.92 Å². The topological polar surface area (TPSA) is 94.0 Å².